The molecule has 7 nitrogen and oxygen atoms in total. The number of carbonyl (C=O) groups is 1. The van der Waals surface area contributed by atoms with Crippen LogP contribution in [0, 0.1) is 0 Å². The maximum absolute atomic E-state index is 12.7. The molecule has 0 radical (unpaired) electrons. The van der Waals surface area contributed by atoms with Gasteiger partial charge in [-0.1, -0.05) is 0 Å². The Bertz CT molecular complexity index is 844. The van der Waals surface area contributed by atoms with Crippen LogP contribution in [0.5, 0.6) is 0 Å². The zero-order valence-electron chi connectivity index (χ0n) is 13.3. The number of imidazole rings is 1. The van der Waals surface area contributed by atoms with Crippen LogP contribution in [0.2, 0.25) is 0 Å². The largest absolute Gasteiger partial charge is 0.337 e. The van der Waals surface area contributed by atoms with E-state index in [9.17, 15) is 13.2 Å². The first kappa shape index (κ1) is 15.9. The molecule has 1 aliphatic rings. The number of benzene rings is 1. The third-order valence-electron chi connectivity index (χ3n) is 4.18. The van der Waals surface area contributed by atoms with Gasteiger partial charge in [-0.05, 0) is 24.6 Å². The highest BCUT2D eigenvalue weighted by Crippen LogP contribution is 2.16. The van der Waals surface area contributed by atoms with E-state index >= 15 is 0 Å². The fourth-order valence-corrected chi connectivity index (χ4v) is 3.75. The Morgan fingerprint density at radius 1 is 1.17 bits per heavy atom. The van der Waals surface area contributed by atoms with Crippen molar-refractivity contribution in [3.8, 4) is 0 Å². The van der Waals surface area contributed by atoms with Crippen LogP contribution in [-0.4, -0.2) is 65.5 Å². The molecule has 0 N–H and O–H groups in total. The number of aryl methyl sites for hydroxylation is 1. The van der Waals surface area contributed by atoms with Gasteiger partial charge in [0.05, 0.1) is 23.6 Å². The van der Waals surface area contributed by atoms with Gasteiger partial charge in [-0.2, -0.15) is 0 Å². The number of hydrogen-bond donors (Lipinski definition) is 0. The number of aromatic nitrogens is 2. The Labute approximate surface area is 135 Å². The Balaban J connectivity index is 1.79. The van der Waals surface area contributed by atoms with Crippen LogP contribution in [-0.2, 0) is 17.1 Å². The summed E-state index contributed by atoms with van der Waals surface area (Å²) in [5.74, 6) is -0.0760. The summed E-state index contributed by atoms with van der Waals surface area (Å²) in [7, 11) is -1.30. The molecule has 2 heterocycles. The van der Waals surface area contributed by atoms with Gasteiger partial charge in [-0.15, -0.1) is 0 Å². The van der Waals surface area contributed by atoms with Gasteiger partial charge in [0.1, 0.15) is 0 Å². The van der Waals surface area contributed by atoms with Gasteiger partial charge in [0.25, 0.3) is 5.91 Å². The lowest BCUT2D eigenvalue weighted by atomic mass is 10.1. The molecular weight excluding hydrogens is 316 g/mol. The molecular formula is C15H20N4O3S. The summed E-state index contributed by atoms with van der Waals surface area (Å²) >= 11 is 0. The predicted octanol–water partition coefficient (Wildman–Crippen LogP) is 0.681. The molecule has 1 aliphatic heterocycles. The van der Waals surface area contributed by atoms with Gasteiger partial charge in [0, 0.05) is 38.8 Å². The SMILES string of the molecule is Cn1cnc2cc(C(=O)N3CCCN(S(C)(=O)=O)CC3)ccc21. The summed E-state index contributed by atoms with van der Waals surface area (Å²) in [6.45, 7) is 1.77. The lowest BCUT2D eigenvalue weighted by Crippen LogP contribution is -2.36. The predicted molar refractivity (Wildman–Crippen MR) is 87.7 cm³/mol. The fourth-order valence-electron chi connectivity index (χ4n) is 2.88. The van der Waals surface area contributed by atoms with Gasteiger partial charge in [0.15, 0.2) is 0 Å². The van der Waals surface area contributed by atoms with Crippen molar-refractivity contribution in [1.82, 2.24) is 18.8 Å². The van der Waals surface area contributed by atoms with E-state index in [0.717, 1.165) is 11.0 Å². The van der Waals surface area contributed by atoms with Crippen molar-refractivity contribution in [2.45, 2.75) is 6.42 Å². The summed E-state index contributed by atoms with van der Waals surface area (Å²) < 4.78 is 26.6. The van der Waals surface area contributed by atoms with Gasteiger partial charge >= 0.3 is 0 Å². The van der Waals surface area contributed by atoms with E-state index in [-0.39, 0.29) is 5.91 Å². The molecule has 1 saturated heterocycles. The summed E-state index contributed by atoms with van der Waals surface area (Å²) in [6, 6.07) is 5.47. The number of carbonyl (C=O) groups excluding carboxylic acids is 1. The van der Waals surface area contributed by atoms with Crippen molar-refractivity contribution in [2.24, 2.45) is 7.05 Å². The Morgan fingerprint density at radius 3 is 2.70 bits per heavy atom. The standard InChI is InChI=1S/C15H20N4O3S/c1-17-11-16-13-10-12(4-5-14(13)17)15(20)18-6-3-7-19(9-8-18)23(2,21)22/h4-5,10-11H,3,6-9H2,1-2H3. The van der Waals surface area contributed by atoms with Crippen molar-refractivity contribution in [3.63, 3.8) is 0 Å². The zero-order chi connectivity index (χ0) is 16.6. The lowest BCUT2D eigenvalue weighted by molar-refractivity contribution is 0.0764. The monoisotopic (exact) mass is 336 g/mol. The molecule has 0 spiro atoms. The molecule has 3 rings (SSSR count). The third-order valence-corrected chi connectivity index (χ3v) is 5.49. The number of amides is 1. The van der Waals surface area contributed by atoms with Crippen LogP contribution in [0.15, 0.2) is 24.5 Å². The van der Waals surface area contributed by atoms with E-state index in [4.69, 9.17) is 0 Å². The first-order chi connectivity index (χ1) is 10.9. The average Bonchev–Trinajstić information content (AvgIpc) is 2.73. The highest BCUT2D eigenvalue weighted by atomic mass is 32.2. The lowest BCUT2D eigenvalue weighted by Gasteiger charge is -2.21. The highest BCUT2D eigenvalue weighted by molar-refractivity contribution is 7.88. The van der Waals surface area contributed by atoms with Crippen LogP contribution in [0.3, 0.4) is 0 Å². The number of fused-ring (bicyclic) bond motifs is 1. The molecule has 2 aromatic rings. The summed E-state index contributed by atoms with van der Waals surface area (Å²) in [5, 5.41) is 0. The minimum atomic E-state index is -3.21. The van der Waals surface area contributed by atoms with Crippen molar-refractivity contribution < 1.29 is 13.2 Å². The topological polar surface area (TPSA) is 75.5 Å². The van der Waals surface area contributed by atoms with Crippen LogP contribution in [0.25, 0.3) is 11.0 Å². The van der Waals surface area contributed by atoms with E-state index in [0.29, 0.717) is 38.2 Å². The highest BCUT2D eigenvalue weighted by Gasteiger charge is 2.24. The zero-order valence-corrected chi connectivity index (χ0v) is 14.1. The number of rotatable bonds is 2. The molecule has 8 heteroatoms. The second-order valence-electron chi connectivity index (χ2n) is 5.87. The first-order valence-corrected chi connectivity index (χ1v) is 9.36. The van der Waals surface area contributed by atoms with Crippen LogP contribution >= 0.6 is 0 Å². The van der Waals surface area contributed by atoms with Gasteiger partial charge in [0.2, 0.25) is 10.0 Å². The van der Waals surface area contributed by atoms with Crippen molar-refractivity contribution in [1.29, 1.82) is 0 Å². The molecule has 0 bridgehead atoms. The summed E-state index contributed by atoms with van der Waals surface area (Å²) in [4.78, 5) is 18.7. The molecule has 1 aromatic carbocycles. The summed E-state index contributed by atoms with van der Waals surface area (Å²) in [5.41, 5.74) is 2.34. The molecule has 0 aliphatic carbocycles. The normalized spacial score (nSPS) is 17.4. The fraction of sp³-hybridized carbons (Fsp3) is 0.467. The quantitative estimate of drug-likeness (QED) is 0.808. The number of nitrogens with zero attached hydrogens (tertiary/aromatic N) is 4. The van der Waals surface area contributed by atoms with Gasteiger partial charge in [-0.25, -0.2) is 17.7 Å². The van der Waals surface area contributed by atoms with E-state index in [1.165, 1.54) is 10.6 Å². The number of hydrogen-bond acceptors (Lipinski definition) is 4. The maximum Gasteiger partial charge on any atom is 0.253 e. The molecule has 1 aromatic heterocycles. The minimum absolute atomic E-state index is 0.0760. The van der Waals surface area contributed by atoms with Crippen molar-refractivity contribution >= 4 is 27.0 Å². The third kappa shape index (κ3) is 3.23. The van der Waals surface area contributed by atoms with Gasteiger partial charge in [-0.3, -0.25) is 4.79 Å². The number of sulfonamides is 1. The minimum Gasteiger partial charge on any atom is -0.337 e. The smallest absolute Gasteiger partial charge is 0.253 e. The molecule has 1 amide bonds. The van der Waals surface area contributed by atoms with Crippen molar-refractivity contribution in [2.75, 3.05) is 32.4 Å². The molecule has 0 saturated carbocycles. The maximum atomic E-state index is 12.7. The Hall–Kier alpha value is -1.93. The Kier molecular flexibility index (Phi) is 4.11. The van der Waals surface area contributed by atoms with Gasteiger partial charge < -0.3 is 9.47 Å². The van der Waals surface area contributed by atoms with Crippen LogP contribution in [0.1, 0.15) is 16.8 Å². The van der Waals surface area contributed by atoms with Crippen molar-refractivity contribution in [3.05, 3.63) is 30.1 Å². The molecule has 1 fully saturated rings. The molecule has 23 heavy (non-hydrogen) atoms. The summed E-state index contributed by atoms with van der Waals surface area (Å²) in [6.07, 6.45) is 3.57. The first-order valence-electron chi connectivity index (χ1n) is 7.52. The second-order valence-corrected chi connectivity index (χ2v) is 7.85. The second kappa shape index (κ2) is 5.93. The van der Waals surface area contributed by atoms with E-state index in [2.05, 4.69) is 4.98 Å². The van der Waals surface area contributed by atoms with E-state index in [1.807, 2.05) is 17.7 Å². The Morgan fingerprint density at radius 2 is 1.96 bits per heavy atom. The molecule has 124 valence electrons. The molecule has 0 unspecified atom stereocenters. The average molecular weight is 336 g/mol. The van der Waals surface area contributed by atoms with E-state index in [1.54, 1.807) is 23.4 Å². The molecule has 0 atom stereocenters. The van der Waals surface area contributed by atoms with Crippen LogP contribution in [0.4, 0.5) is 0 Å². The van der Waals surface area contributed by atoms with Crippen LogP contribution < -0.4 is 0 Å². The van der Waals surface area contributed by atoms with E-state index < -0.39 is 10.0 Å².